The number of H-pyrrole nitrogens is 1. The van der Waals surface area contributed by atoms with Crippen LogP contribution in [-0.2, 0) is 20.8 Å². The molecule has 0 spiro atoms. The Balaban J connectivity index is 1.33. The number of nitrogens with one attached hydrogen (secondary N) is 2. The van der Waals surface area contributed by atoms with Crippen LogP contribution in [0.2, 0.25) is 0 Å². The van der Waals surface area contributed by atoms with Crippen molar-refractivity contribution in [2.24, 2.45) is 11.3 Å². The first kappa shape index (κ1) is 20.3. The van der Waals surface area contributed by atoms with Crippen molar-refractivity contribution in [3.63, 3.8) is 0 Å². The number of aliphatic hydroxyl groups excluding tert-OH is 1. The Labute approximate surface area is 174 Å². The molecule has 0 bridgehead atoms. The highest BCUT2D eigenvalue weighted by Crippen LogP contribution is 2.42. The van der Waals surface area contributed by atoms with E-state index < -0.39 is 5.41 Å². The second kappa shape index (κ2) is 8.06. The highest BCUT2D eigenvalue weighted by atomic mass is 16.3. The molecule has 2 saturated heterocycles. The fourth-order valence-electron chi connectivity index (χ4n) is 4.60. The van der Waals surface area contributed by atoms with Crippen LogP contribution in [0.3, 0.4) is 0 Å². The molecule has 0 unspecified atom stereocenters. The number of imidazole rings is 1. The van der Waals surface area contributed by atoms with Gasteiger partial charge in [0.15, 0.2) is 0 Å². The molecule has 2 aliphatic heterocycles. The molecule has 1 aromatic carbocycles. The van der Waals surface area contributed by atoms with Crippen LogP contribution >= 0.6 is 0 Å². The zero-order valence-corrected chi connectivity index (χ0v) is 17.1. The standard InChI is InChI=1S/C21H27N5O4/c1-14(28)22-8-20(30)26-10-15-9-25(11-21(15,12-26)13-27)19(29)7-6-18-23-16-4-2-3-5-17(16)24-18/h2-5,15,27H,6-13H2,1H3,(H,22,28)(H,23,24)/t15-,21+/m0/s1. The van der Waals surface area contributed by atoms with Crippen molar-refractivity contribution < 1.29 is 19.5 Å². The number of rotatable bonds is 6. The van der Waals surface area contributed by atoms with Crippen LogP contribution in [0.15, 0.2) is 24.3 Å². The molecule has 0 saturated carbocycles. The number of carbonyl (C=O) groups is 3. The maximum atomic E-state index is 12.8. The van der Waals surface area contributed by atoms with Crippen LogP contribution in [0.1, 0.15) is 19.2 Å². The summed E-state index contributed by atoms with van der Waals surface area (Å²) < 4.78 is 0. The first-order valence-electron chi connectivity index (χ1n) is 10.2. The van der Waals surface area contributed by atoms with Gasteiger partial charge in [0.05, 0.1) is 24.2 Å². The minimum atomic E-state index is -0.485. The number of likely N-dealkylation sites (tertiary alicyclic amines) is 2. The molecule has 160 valence electrons. The van der Waals surface area contributed by atoms with Crippen LogP contribution in [0.5, 0.6) is 0 Å². The molecular formula is C21H27N5O4. The van der Waals surface area contributed by atoms with E-state index >= 15 is 0 Å². The average molecular weight is 413 g/mol. The molecule has 2 fully saturated rings. The van der Waals surface area contributed by atoms with E-state index in [0.29, 0.717) is 39.0 Å². The van der Waals surface area contributed by atoms with Gasteiger partial charge in [-0.25, -0.2) is 4.98 Å². The fraction of sp³-hybridized carbons (Fsp3) is 0.524. The fourth-order valence-corrected chi connectivity index (χ4v) is 4.60. The lowest BCUT2D eigenvalue weighted by atomic mass is 9.82. The second-order valence-electron chi connectivity index (χ2n) is 8.38. The minimum Gasteiger partial charge on any atom is -0.396 e. The third kappa shape index (κ3) is 3.89. The number of aliphatic hydroxyl groups is 1. The van der Waals surface area contributed by atoms with E-state index in [9.17, 15) is 19.5 Å². The van der Waals surface area contributed by atoms with Gasteiger partial charge in [-0.3, -0.25) is 14.4 Å². The molecule has 2 aliphatic rings. The number of aromatic nitrogens is 2. The molecule has 1 aromatic heterocycles. The second-order valence-corrected chi connectivity index (χ2v) is 8.38. The number of aromatic amines is 1. The largest absolute Gasteiger partial charge is 0.396 e. The summed E-state index contributed by atoms with van der Waals surface area (Å²) in [5, 5.41) is 12.6. The van der Waals surface area contributed by atoms with Crippen molar-refractivity contribution >= 4 is 28.8 Å². The van der Waals surface area contributed by atoms with E-state index in [1.165, 1.54) is 6.92 Å². The number of hydrogen-bond donors (Lipinski definition) is 3. The molecule has 9 nitrogen and oxygen atoms in total. The lowest BCUT2D eigenvalue weighted by Crippen LogP contribution is -2.43. The summed E-state index contributed by atoms with van der Waals surface area (Å²) in [4.78, 5) is 47.4. The van der Waals surface area contributed by atoms with E-state index in [1.807, 2.05) is 24.3 Å². The van der Waals surface area contributed by atoms with Crippen LogP contribution in [0, 0.1) is 11.3 Å². The molecule has 2 aromatic rings. The van der Waals surface area contributed by atoms with Gasteiger partial charge in [-0.2, -0.15) is 0 Å². The molecule has 3 N–H and O–H groups in total. The number of fused-ring (bicyclic) bond motifs is 2. The molecule has 0 radical (unpaired) electrons. The van der Waals surface area contributed by atoms with Gasteiger partial charge < -0.3 is 25.2 Å². The maximum Gasteiger partial charge on any atom is 0.241 e. The highest BCUT2D eigenvalue weighted by molar-refractivity contribution is 5.84. The number of nitrogens with zero attached hydrogens (tertiary/aromatic N) is 3. The number of carbonyl (C=O) groups excluding carboxylic acids is 3. The summed E-state index contributed by atoms with van der Waals surface area (Å²) >= 11 is 0. The first-order valence-corrected chi connectivity index (χ1v) is 10.2. The summed E-state index contributed by atoms with van der Waals surface area (Å²) in [7, 11) is 0. The van der Waals surface area contributed by atoms with Crippen molar-refractivity contribution in [2.75, 3.05) is 39.3 Å². The highest BCUT2D eigenvalue weighted by Gasteiger charge is 2.53. The van der Waals surface area contributed by atoms with Crippen LogP contribution in [-0.4, -0.2) is 81.9 Å². The molecule has 3 heterocycles. The van der Waals surface area contributed by atoms with E-state index in [2.05, 4.69) is 15.3 Å². The molecule has 3 amide bonds. The normalized spacial score (nSPS) is 23.1. The SMILES string of the molecule is CC(=O)NCC(=O)N1C[C@@H]2CN(C(=O)CCc3nc4ccccc4[nH]3)C[C@]2(CO)C1. The van der Waals surface area contributed by atoms with E-state index in [-0.39, 0.29) is 36.8 Å². The van der Waals surface area contributed by atoms with Gasteiger partial charge >= 0.3 is 0 Å². The lowest BCUT2D eigenvalue weighted by molar-refractivity contribution is -0.133. The third-order valence-electron chi connectivity index (χ3n) is 6.28. The van der Waals surface area contributed by atoms with Gasteiger partial charge in [0.2, 0.25) is 17.7 Å². The van der Waals surface area contributed by atoms with Gasteiger partial charge in [0, 0.05) is 57.3 Å². The molecular weight excluding hydrogens is 386 g/mol. The first-order chi connectivity index (χ1) is 14.4. The Hall–Kier alpha value is -2.94. The summed E-state index contributed by atoms with van der Waals surface area (Å²) in [6, 6.07) is 7.76. The minimum absolute atomic E-state index is 0.0359. The van der Waals surface area contributed by atoms with Gasteiger partial charge in [0.1, 0.15) is 5.82 Å². The number of benzene rings is 1. The number of para-hydroxylation sites is 2. The Bertz CT molecular complexity index is 940. The van der Waals surface area contributed by atoms with Gasteiger partial charge in [0.25, 0.3) is 0 Å². The average Bonchev–Trinajstić information content (AvgIpc) is 3.40. The molecule has 0 aliphatic carbocycles. The van der Waals surface area contributed by atoms with Gasteiger partial charge in [-0.05, 0) is 12.1 Å². The van der Waals surface area contributed by atoms with Crippen molar-refractivity contribution in [1.82, 2.24) is 25.1 Å². The monoisotopic (exact) mass is 413 g/mol. The van der Waals surface area contributed by atoms with E-state index in [4.69, 9.17) is 0 Å². The van der Waals surface area contributed by atoms with E-state index in [1.54, 1.807) is 9.80 Å². The van der Waals surface area contributed by atoms with Gasteiger partial charge in [-0.15, -0.1) is 0 Å². The Morgan fingerprint density at radius 2 is 1.90 bits per heavy atom. The quantitative estimate of drug-likeness (QED) is 0.612. The number of aryl methyl sites for hydroxylation is 1. The van der Waals surface area contributed by atoms with Crippen LogP contribution in [0.4, 0.5) is 0 Å². The van der Waals surface area contributed by atoms with Crippen molar-refractivity contribution in [2.45, 2.75) is 19.8 Å². The summed E-state index contributed by atoms with van der Waals surface area (Å²) in [5.74, 6) is 0.458. The lowest BCUT2D eigenvalue weighted by Gasteiger charge is -2.27. The molecule has 30 heavy (non-hydrogen) atoms. The van der Waals surface area contributed by atoms with Crippen molar-refractivity contribution in [3.8, 4) is 0 Å². The maximum absolute atomic E-state index is 12.8. The van der Waals surface area contributed by atoms with E-state index in [0.717, 1.165) is 16.9 Å². The van der Waals surface area contributed by atoms with Crippen LogP contribution in [0.25, 0.3) is 11.0 Å². The Morgan fingerprint density at radius 3 is 2.53 bits per heavy atom. The predicted molar refractivity (Wildman–Crippen MR) is 109 cm³/mol. The zero-order valence-electron chi connectivity index (χ0n) is 17.1. The molecule has 2 atom stereocenters. The van der Waals surface area contributed by atoms with Crippen molar-refractivity contribution in [3.05, 3.63) is 30.1 Å². The van der Waals surface area contributed by atoms with Gasteiger partial charge in [-0.1, -0.05) is 12.1 Å². The topological polar surface area (TPSA) is 119 Å². The number of amides is 3. The Kier molecular flexibility index (Phi) is 5.46. The zero-order chi connectivity index (χ0) is 21.3. The third-order valence-corrected chi connectivity index (χ3v) is 6.28. The predicted octanol–water partition coefficient (Wildman–Crippen LogP) is -0.0891. The summed E-state index contributed by atoms with van der Waals surface area (Å²) in [6.45, 7) is 3.13. The Morgan fingerprint density at radius 1 is 1.20 bits per heavy atom. The van der Waals surface area contributed by atoms with Crippen LogP contribution < -0.4 is 5.32 Å². The molecule has 4 rings (SSSR count). The summed E-state index contributed by atoms with van der Waals surface area (Å²) in [6.07, 6.45) is 0.876. The molecule has 9 heteroatoms. The van der Waals surface area contributed by atoms with Crippen molar-refractivity contribution in [1.29, 1.82) is 0 Å². The smallest absolute Gasteiger partial charge is 0.241 e. The summed E-state index contributed by atoms with van der Waals surface area (Å²) in [5.41, 5.74) is 1.36. The number of hydrogen-bond acceptors (Lipinski definition) is 5.